The number of carbonyl (C=O) groups excluding carboxylic acids is 1. The van der Waals surface area contributed by atoms with Crippen molar-refractivity contribution >= 4 is 17.6 Å². The fraction of sp³-hybridized carbons (Fsp3) is 0.611. The molecule has 4 aliphatic rings. The fourth-order valence-electron chi connectivity index (χ4n) is 8.56. The first kappa shape index (κ1) is 34.3. The second kappa shape index (κ2) is 13.8. The molecule has 2 aromatic rings. The van der Waals surface area contributed by atoms with E-state index >= 15 is 4.39 Å². The highest BCUT2D eigenvalue weighted by Crippen LogP contribution is 2.47. The summed E-state index contributed by atoms with van der Waals surface area (Å²) in [5.74, 6) is -2.59. The second-order valence-corrected chi connectivity index (χ2v) is 13.9. The first-order valence-corrected chi connectivity index (χ1v) is 17.1. The van der Waals surface area contributed by atoms with Crippen LogP contribution in [0.1, 0.15) is 74.8 Å². The summed E-state index contributed by atoms with van der Waals surface area (Å²) in [4.78, 5) is 31.8. The molecule has 8 nitrogen and oxygen atoms in total. The van der Waals surface area contributed by atoms with E-state index < -0.39 is 35.7 Å². The third-order valence-corrected chi connectivity index (χ3v) is 11.2. The van der Waals surface area contributed by atoms with E-state index in [0.29, 0.717) is 56.9 Å². The van der Waals surface area contributed by atoms with Crippen LogP contribution in [0.2, 0.25) is 0 Å². The van der Waals surface area contributed by atoms with Gasteiger partial charge in [-0.1, -0.05) is 44.4 Å². The van der Waals surface area contributed by atoms with Crippen LogP contribution in [-0.2, 0) is 9.59 Å². The molecule has 4 fully saturated rings. The van der Waals surface area contributed by atoms with Gasteiger partial charge in [0.25, 0.3) is 5.91 Å². The molecule has 1 N–H and O–H groups in total. The van der Waals surface area contributed by atoms with Gasteiger partial charge < -0.3 is 24.4 Å². The lowest BCUT2D eigenvalue weighted by Crippen LogP contribution is -2.50. The van der Waals surface area contributed by atoms with Crippen LogP contribution in [0.4, 0.5) is 23.2 Å². The number of likely N-dealkylation sites (tertiary alicyclic amines) is 2. The van der Waals surface area contributed by atoms with Crippen molar-refractivity contribution in [2.45, 2.75) is 81.8 Å². The molecule has 0 radical (unpaired) electrons. The molecule has 262 valence electrons. The van der Waals surface area contributed by atoms with E-state index in [0.717, 1.165) is 36.8 Å². The third-order valence-electron chi connectivity index (χ3n) is 11.2. The first-order valence-electron chi connectivity index (χ1n) is 17.1. The Balaban J connectivity index is 1.29. The lowest BCUT2D eigenvalue weighted by Gasteiger charge is -2.35. The second-order valence-electron chi connectivity index (χ2n) is 13.9. The van der Waals surface area contributed by atoms with Gasteiger partial charge in [-0.25, -0.2) is 4.39 Å². The minimum atomic E-state index is -4.87. The zero-order valence-electron chi connectivity index (χ0n) is 27.6. The SMILES string of the molecule is CC[C@H]1CN(C(=O)[C@]2(F)CN(C3CCCC3)C[C@H]2c2ccc(OC)cc2)C[C@@H]1c1ccc(OC(F)(F)F)cc1N1CCC(C(=O)O)CC1. The monoisotopic (exact) mass is 675 g/mol. The van der Waals surface area contributed by atoms with Crippen LogP contribution in [0.25, 0.3) is 0 Å². The molecule has 4 atom stereocenters. The van der Waals surface area contributed by atoms with Gasteiger partial charge in [-0.15, -0.1) is 13.2 Å². The van der Waals surface area contributed by atoms with Crippen molar-refractivity contribution in [1.29, 1.82) is 0 Å². The molecule has 3 heterocycles. The molecule has 0 unspecified atom stereocenters. The van der Waals surface area contributed by atoms with E-state index in [1.54, 1.807) is 30.2 Å². The number of amides is 1. The summed E-state index contributed by atoms with van der Waals surface area (Å²) in [6.07, 6.45) is 0.702. The number of hydrogen-bond donors (Lipinski definition) is 1. The highest BCUT2D eigenvalue weighted by Gasteiger charge is 2.57. The number of nitrogens with zero attached hydrogens (tertiary/aromatic N) is 3. The summed E-state index contributed by atoms with van der Waals surface area (Å²) in [6, 6.07) is 11.8. The number of carbonyl (C=O) groups is 2. The summed E-state index contributed by atoms with van der Waals surface area (Å²) in [5.41, 5.74) is -0.0879. The number of rotatable bonds is 9. The molecule has 3 aliphatic heterocycles. The number of carboxylic acids is 1. The van der Waals surface area contributed by atoms with Gasteiger partial charge in [0.1, 0.15) is 11.5 Å². The van der Waals surface area contributed by atoms with Crippen molar-refractivity contribution in [3.63, 3.8) is 0 Å². The van der Waals surface area contributed by atoms with Crippen LogP contribution in [-0.4, -0.2) is 91.2 Å². The van der Waals surface area contributed by atoms with Gasteiger partial charge in [-0.3, -0.25) is 14.5 Å². The predicted molar refractivity (Wildman–Crippen MR) is 172 cm³/mol. The maximum atomic E-state index is 17.6. The number of benzene rings is 2. The molecular formula is C36H45F4N3O5. The summed E-state index contributed by atoms with van der Waals surface area (Å²) in [7, 11) is 1.57. The number of anilines is 1. The van der Waals surface area contributed by atoms with Gasteiger partial charge in [0.15, 0.2) is 0 Å². The number of ether oxygens (including phenoxy) is 2. The van der Waals surface area contributed by atoms with Crippen LogP contribution in [0.5, 0.6) is 11.5 Å². The Kier molecular flexibility index (Phi) is 9.84. The molecule has 1 amide bonds. The normalized spacial score (nSPS) is 27.5. The zero-order valence-corrected chi connectivity index (χ0v) is 27.6. The summed E-state index contributed by atoms with van der Waals surface area (Å²) < 4.78 is 66.9. The van der Waals surface area contributed by atoms with Gasteiger partial charge in [0, 0.05) is 68.9 Å². The Labute approximate surface area is 279 Å². The fourth-order valence-corrected chi connectivity index (χ4v) is 8.56. The number of alkyl halides is 4. The number of carboxylic acid groups (broad SMARTS) is 1. The van der Waals surface area contributed by atoms with Crippen LogP contribution in [0.15, 0.2) is 42.5 Å². The van der Waals surface area contributed by atoms with Crippen molar-refractivity contribution in [3.05, 3.63) is 53.6 Å². The number of hydrogen-bond acceptors (Lipinski definition) is 6. The van der Waals surface area contributed by atoms with Crippen molar-refractivity contribution < 1.29 is 41.7 Å². The van der Waals surface area contributed by atoms with Gasteiger partial charge in [0.2, 0.25) is 5.67 Å². The van der Waals surface area contributed by atoms with E-state index in [1.807, 2.05) is 24.0 Å². The maximum Gasteiger partial charge on any atom is 0.573 e. The Morgan fingerprint density at radius 2 is 1.62 bits per heavy atom. The predicted octanol–water partition coefficient (Wildman–Crippen LogP) is 6.60. The van der Waals surface area contributed by atoms with Crippen LogP contribution >= 0.6 is 0 Å². The Hall–Kier alpha value is -3.54. The van der Waals surface area contributed by atoms with Gasteiger partial charge in [-0.2, -0.15) is 0 Å². The molecule has 0 bridgehead atoms. The molecule has 2 aromatic carbocycles. The molecule has 12 heteroatoms. The van der Waals surface area contributed by atoms with Crippen LogP contribution < -0.4 is 14.4 Å². The molecule has 6 rings (SSSR count). The van der Waals surface area contributed by atoms with Crippen molar-refractivity contribution in [1.82, 2.24) is 9.80 Å². The first-order chi connectivity index (χ1) is 22.9. The Bertz CT molecular complexity index is 1460. The number of piperidine rings is 1. The lowest BCUT2D eigenvalue weighted by atomic mass is 9.85. The van der Waals surface area contributed by atoms with Crippen LogP contribution in [0.3, 0.4) is 0 Å². The number of aliphatic carboxylic acids is 1. The maximum absolute atomic E-state index is 17.6. The van der Waals surface area contributed by atoms with E-state index in [9.17, 15) is 27.9 Å². The largest absolute Gasteiger partial charge is 0.573 e. The summed E-state index contributed by atoms with van der Waals surface area (Å²) >= 11 is 0. The van der Waals surface area contributed by atoms with Crippen molar-refractivity contribution in [3.8, 4) is 11.5 Å². The van der Waals surface area contributed by atoms with E-state index in [1.165, 1.54) is 12.1 Å². The standard InChI is InChI=1S/C36H45F4N3O5/c1-3-23-19-42(34(46)35(37)22-43(26-6-4-5-7-26)21-31(35)24-8-10-27(47-2)11-9-24)20-30(23)29-13-12-28(48-36(38,39)40)18-32(29)41-16-14-25(15-17-41)33(44)45/h8-13,18,23,25-26,30-31H,3-7,14-17,19-22H2,1-2H3,(H,44,45)/t23-,30-,31-,35-/m0/s1. The van der Waals surface area contributed by atoms with Crippen molar-refractivity contribution in [2.75, 3.05) is 51.3 Å². The molecule has 1 saturated carbocycles. The Morgan fingerprint density at radius 3 is 2.23 bits per heavy atom. The minimum absolute atomic E-state index is 0.0262. The zero-order chi connectivity index (χ0) is 34.2. The van der Waals surface area contributed by atoms with Gasteiger partial charge in [0.05, 0.1) is 13.0 Å². The molecule has 48 heavy (non-hydrogen) atoms. The molecule has 0 aromatic heterocycles. The van der Waals surface area contributed by atoms with E-state index in [-0.39, 0.29) is 36.7 Å². The highest BCUT2D eigenvalue weighted by atomic mass is 19.4. The number of halogens is 4. The topological polar surface area (TPSA) is 82.6 Å². The third kappa shape index (κ3) is 6.95. The van der Waals surface area contributed by atoms with E-state index in [4.69, 9.17) is 4.74 Å². The smallest absolute Gasteiger partial charge is 0.497 e. The highest BCUT2D eigenvalue weighted by molar-refractivity contribution is 5.88. The quantitative estimate of drug-likeness (QED) is 0.300. The molecule has 3 saturated heterocycles. The lowest BCUT2D eigenvalue weighted by molar-refractivity contribution is -0.274. The van der Waals surface area contributed by atoms with Gasteiger partial charge in [-0.05, 0) is 60.9 Å². The van der Waals surface area contributed by atoms with E-state index in [2.05, 4.69) is 9.64 Å². The van der Waals surface area contributed by atoms with Gasteiger partial charge >= 0.3 is 12.3 Å². The average molecular weight is 676 g/mol. The number of methoxy groups -OCH3 is 1. The molecular weight excluding hydrogens is 630 g/mol. The Morgan fingerprint density at radius 1 is 0.958 bits per heavy atom. The average Bonchev–Trinajstić information content (AvgIpc) is 3.83. The molecule has 1 aliphatic carbocycles. The molecule has 0 spiro atoms. The summed E-state index contributed by atoms with van der Waals surface area (Å²) in [6.45, 7) is 3.78. The minimum Gasteiger partial charge on any atom is -0.497 e. The van der Waals surface area contributed by atoms with Crippen molar-refractivity contribution in [2.24, 2.45) is 11.8 Å². The van der Waals surface area contributed by atoms with Crippen LogP contribution in [0, 0.1) is 11.8 Å². The summed E-state index contributed by atoms with van der Waals surface area (Å²) in [5, 5.41) is 9.51.